The number of carbonyl (C=O) groups excluding carboxylic acids is 2. The SMILES string of the molecule is [2H]C(C)(c1ccc(OC(C)Cc2ccc(C(C)C(C)C)c(C)n2)c(C)c1)C1SC(=O)NC1=O.[2H][2H].[HH].[HH].[HH].[HH].[HH].[HH].[HH].[HH].[HH].[HH].[HH].[HH].[HH].[HH].[HH].[HH].[HH].[HH].[HH].[HH].[HH].[HH].[HH].[HH].[HH].[HH].[HH].[HH].[HH].[HH].[HH].[HH].[HH].[HH].[HH].[HH].[HH].[HH].[HH].[HH].[HH].[HH].[HH].[HH].[HH].[HH].[HH].[HH].[HH].[HH]. The molecule has 1 aromatic heterocycles. The number of amides is 2. The topological polar surface area (TPSA) is 68.3 Å². The molecule has 274 valence electrons. The van der Waals surface area contributed by atoms with E-state index in [0.29, 0.717) is 23.8 Å². The highest BCUT2D eigenvalue weighted by Crippen LogP contribution is 2.34. The van der Waals surface area contributed by atoms with Gasteiger partial charge in [-0.2, -0.15) is 0 Å². The lowest BCUT2D eigenvalue weighted by Gasteiger charge is -2.21. The first-order valence-corrected chi connectivity index (χ1v) is 12.0. The Morgan fingerprint density at radius 2 is 1.94 bits per heavy atom. The van der Waals surface area contributed by atoms with Gasteiger partial charge in [0, 0.05) is 99.4 Å². The zero-order chi connectivity index (χ0) is 26.5. The summed E-state index contributed by atoms with van der Waals surface area (Å²) < 4.78 is 24.9. The van der Waals surface area contributed by atoms with Crippen molar-refractivity contribution >= 4 is 22.9 Å². The quantitative estimate of drug-likeness (QED) is 0.348. The molecule has 4 unspecified atom stereocenters. The van der Waals surface area contributed by atoms with Crippen molar-refractivity contribution in [2.24, 2.45) is 5.92 Å². The van der Waals surface area contributed by atoms with E-state index in [4.69, 9.17) is 14.1 Å². The second kappa shape index (κ2) is 10.1. The number of aromatic nitrogens is 1. The number of hydrogen-bond acceptors (Lipinski definition) is 5. The maximum atomic E-state index is 12.1. The van der Waals surface area contributed by atoms with Crippen LogP contribution in [0.15, 0.2) is 30.3 Å². The first-order chi connectivity index (χ1) is 16.4. The number of imide groups is 1. The summed E-state index contributed by atoms with van der Waals surface area (Å²) in [5.74, 6) is 0.133. The molecule has 1 aliphatic heterocycles. The van der Waals surface area contributed by atoms with Gasteiger partial charge in [0.2, 0.25) is 5.91 Å². The second-order valence-corrected chi connectivity index (χ2v) is 10.2. The van der Waals surface area contributed by atoms with Crippen molar-refractivity contribution in [3.8, 4) is 5.75 Å². The summed E-state index contributed by atoms with van der Waals surface area (Å²) in [4.78, 5) is 28.5. The number of nitrogens with one attached hydrogen (secondary N) is 1. The Morgan fingerprint density at radius 3 is 2.50 bits per heavy atom. The summed E-state index contributed by atoms with van der Waals surface area (Å²) in [6, 6.07) is 9.80. The van der Waals surface area contributed by atoms with Crippen LogP contribution >= 0.6 is 11.8 Å². The number of hydrogen-bond donors (Lipinski definition) is 1. The van der Waals surface area contributed by atoms with Crippen molar-refractivity contribution in [2.45, 2.75) is 78.1 Å². The Kier molecular flexibility index (Phi) is 6.77. The van der Waals surface area contributed by atoms with E-state index in [9.17, 15) is 9.59 Å². The van der Waals surface area contributed by atoms with E-state index < -0.39 is 22.3 Å². The van der Waals surface area contributed by atoms with Gasteiger partial charge >= 0.3 is 0 Å². The molecule has 3 rings (SSSR count). The zero-order valence-corrected chi connectivity index (χ0v) is 20.8. The Bertz CT molecular complexity index is 1130. The van der Waals surface area contributed by atoms with Gasteiger partial charge in [-0.3, -0.25) is 19.9 Å². The fraction of sp³-hybridized carbons (Fsp3) is 0.500. The van der Waals surface area contributed by atoms with Gasteiger partial charge < -0.3 is 4.74 Å². The summed E-state index contributed by atoms with van der Waals surface area (Å²) in [6.07, 6.45) is 0.612. The Morgan fingerprint density at radius 1 is 1.22 bits per heavy atom. The number of rotatable bonds is 8. The summed E-state index contributed by atoms with van der Waals surface area (Å²) in [5, 5.41) is 1.10. The summed E-state index contributed by atoms with van der Waals surface area (Å²) in [5.41, 5.74) is 4.93. The zero-order valence-electron chi connectivity index (χ0n) is 23.0. The molecule has 2 aromatic rings. The third-order valence-electron chi connectivity index (χ3n) is 6.21. The first-order valence-electron chi connectivity index (χ1n) is 12.7. The Labute approximate surface area is 274 Å². The third-order valence-corrected chi connectivity index (χ3v) is 7.33. The van der Waals surface area contributed by atoms with Gasteiger partial charge in [0.25, 0.3) is 5.24 Å². The number of nitrogens with zero attached hydrogens (tertiary/aromatic N) is 1. The molecule has 1 N–H and O–H groups in total. The standard InChI is InChI=1S/C26H34N2O3S.51H2/c1-14(2)17(5)22-10-9-21(27-19(22)7)13-16(4)31-23-11-8-20(12-15(23)3)18(6)24-25(29)28-26(30)32-24;;;;;;;;;;;;;;;;;;;;;;;;;;;;;;;;;;;;;;;;;;;;;;;;;;;/h8-12,14,16-18,24H,13H2,1-7H3,(H,28,29,30);51*1H/i18D;1+1D;;;;;;;;;;;;;;;;;;;;;;;;;;;;;;;;;;;;;;;;;;;;;;;;;;. The monoisotopic (exact) mass is 560 g/mol. The minimum Gasteiger partial charge on any atom is -0.490 e. The molecule has 4 atom stereocenters. The lowest BCUT2D eigenvalue weighted by molar-refractivity contribution is -0.119. The van der Waals surface area contributed by atoms with Gasteiger partial charge in [-0.05, 0) is 61.4 Å². The highest BCUT2D eigenvalue weighted by atomic mass is 32.2. The van der Waals surface area contributed by atoms with Crippen LogP contribution in [0.3, 0.4) is 0 Å². The van der Waals surface area contributed by atoms with E-state index in [0.717, 1.165) is 34.5 Å². The smallest absolute Gasteiger partial charge is 0.286 e. The van der Waals surface area contributed by atoms with E-state index in [1.165, 1.54) is 5.56 Å². The van der Waals surface area contributed by atoms with Crippen LogP contribution < -0.4 is 10.1 Å². The summed E-state index contributed by atoms with van der Waals surface area (Å²) in [7, 11) is 0. The lowest BCUT2D eigenvalue weighted by atomic mass is 9.89. The maximum absolute atomic E-state index is 12.1. The van der Waals surface area contributed by atoms with E-state index in [-0.39, 0.29) is 77.4 Å². The fourth-order valence-corrected chi connectivity index (χ4v) is 4.80. The molecule has 1 aromatic carbocycles. The molecule has 5 nitrogen and oxygen atoms in total. The van der Waals surface area contributed by atoms with Crippen molar-refractivity contribution in [3.05, 3.63) is 58.4 Å². The minimum atomic E-state index is -1.23. The molecule has 32 heavy (non-hydrogen) atoms. The predicted molar refractivity (Wildman–Crippen MR) is 238 cm³/mol. The van der Waals surface area contributed by atoms with E-state index in [1.54, 1.807) is 6.92 Å². The average Bonchev–Trinajstić information content (AvgIpc) is 3.14. The van der Waals surface area contributed by atoms with Crippen LogP contribution in [0.1, 0.15) is 150 Å². The number of benzene rings is 1. The molecule has 0 aliphatic carbocycles. The number of carbonyl (C=O) groups is 2. The van der Waals surface area contributed by atoms with Crippen LogP contribution in [0.4, 0.5) is 4.79 Å². The first kappa shape index (κ1) is 21.5. The summed E-state index contributed by atoms with van der Waals surface area (Å²) >= 11 is 0.877. The van der Waals surface area contributed by atoms with Gasteiger partial charge in [-0.15, -0.1) is 0 Å². The lowest BCUT2D eigenvalue weighted by Crippen LogP contribution is -2.27. The largest absolute Gasteiger partial charge is 0.490 e. The molecule has 0 radical (unpaired) electrons. The molecule has 0 saturated carbocycles. The molecular weight excluding hydrogens is 420 g/mol. The van der Waals surface area contributed by atoms with Crippen LogP contribution in [-0.2, 0) is 11.2 Å². The van der Waals surface area contributed by atoms with Crippen molar-refractivity contribution in [2.75, 3.05) is 0 Å². The third kappa shape index (κ3) is 5.52. The highest BCUT2D eigenvalue weighted by Gasteiger charge is 2.36. The van der Waals surface area contributed by atoms with Crippen LogP contribution in [-0.4, -0.2) is 27.5 Å². The second-order valence-electron chi connectivity index (χ2n) is 9.08. The van der Waals surface area contributed by atoms with Gasteiger partial charge in [-0.1, -0.05) is 57.7 Å². The van der Waals surface area contributed by atoms with Crippen molar-refractivity contribution in [1.29, 1.82) is 0 Å². The molecule has 2 amide bonds. The number of thioether (sulfide) groups is 1. The number of aryl methyl sites for hydroxylation is 2. The van der Waals surface area contributed by atoms with Gasteiger partial charge in [0.05, 0.1) is 5.25 Å². The molecule has 0 spiro atoms. The normalized spacial score (nSPS) is 20.8. The van der Waals surface area contributed by atoms with Gasteiger partial charge in [0.1, 0.15) is 11.9 Å². The van der Waals surface area contributed by atoms with Crippen molar-refractivity contribution in [3.63, 3.8) is 0 Å². The van der Waals surface area contributed by atoms with Crippen LogP contribution in [0.25, 0.3) is 0 Å². The Hall–Kier alpha value is -2.34. The van der Waals surface area contributed by atoms with Crippen LogP contribution in [0.2, 0.25) is 0 Å². The van der Waals surface area contributed by atoms with Crippen molar-refractivity contribution in [1.82, 2.24) is 10.3 Å². The molecule has 0 bridgehead atoms. The minimum absolute atomic E-state index is 0. The maximum Gasteiger partial charge on any atom is 0.286 e. The van der Waals surface area contributed by atoms with Crippen LogP contribution in [0, 0.1) is 19.8 Å². The highest BCUT2D eigenvalue weighted by molar-refractivity contribution is 8.15. The predicted octanol–water partition coefficient (Wildman–Crippen LogP) is 18.5. The van der Waals surface area contributed by atoms with Gasteiger partial charge in [0.15, 0.2) is 0 Å². The van der Waals surface area contributed by atoms with Gasteiger partial charge in [-0.25, -0.2) is 0 Å². The number of pyridine rings is 1. The molecule has 1 saturated heterocycles. The van der Waals surface area contributed by atoms with E-state index in [2.05, 4.69) is 45.1 Å². The molecule has 6 heteroatoms. The Balaban J connectivity index is -0.00000000525. The number of ether oxygens (including phenoxy) is 1. The fourth-order valence-electron chi connectivity index (χ4n) is 3.95. The van der Waals surface area contributed by atoms with E-state index in [1.807, 2.05) is 32.0 Å². The molecular formula is C26H136N2O3S. The van der Waals surface area contributed by atoms with Crippen molar-refractivity contribution < 1.29 is 90.0 Å². The summed E-state index contributed by atoms with van der Waals surface area (Å²) in [6.45, 7) is 14.4. The molecule has 2 heterocycles. The molecule has 1 fully saturated rings. The van der Waals surface area contributed by atoms with E-state index >= 15 is 0 Å². The van der Waals surface area contributed by atoms with Crippen LogP contribution in [0.5, 0.6) is 5.75 Å². The molecule has 1 aliphatic rings. The average molecular weight is 560 g/mol.